The first-order valence-corrected chi connectivity index (χ1v) is 13.3. The number of carbonyl (C=O) groups excluding carboxylic acids is 1. The third-order valence-corrected chi connectivity index (χ3v) is 6.95. The van der Waals surface area contributed by atoms with Crippen LogP contribution in [-0.2, 0) is 11.3 Å². The van der Waals surface area contributed by atoms with Crippen LogP contribution in [0.25, 0.3) is 27.0 Å². The summed E-state index contributed by atoms with van der Waals surface area (Å²) < 4.78 is 40.3. The molecule has 5 aromatic rings. The Morgan fingerprint density at radius 2 is 1.74 bits per heavy atom. The van der Waals surface area contributed by atoms with E-state index >= 15 is 0 Å². The first-order valence-electron chi connectivity index (χ1n) is 13.3. The second-order valence-electron chi connectivity index (χ2n) is 9.85. The summed E-state index contributed by atoms with van der Waals surface area (Å²) >= 11 is 0. The molecule has 0 saturated heterocycles. The largest absolute Gasteiger partial charge is 0.461 e. The van der Waals surface area contributed by atoms with Crippen LogP contribution in [0.15, 0.2) is 77.6 Å². The molecule has 0 unspecified atom stereocenters. The molecule has 0 aliphatic carbocycles. The number of fused-ring (bicyclic) bond motifs is 1. The second kappa shape index (κ2) is 11.7. The highest BCUT2D eigenvalue weighted by Gasteiger charge is 2.22. The summed E-state index contributed by atoms with van der Waals surface area (Å²) in [5, 5.41) is 0.766. The van der Waals surface area contributed by atoms with Gasteiger partial charge in [0, 0.05) is 22.2 Å². The van der Waals surface area contributed by atoms with Crippen molar-refractivity contribution in [2.24, 2.45) is 0 Å². The maximum atomic E-state index is 13.9. The highest BCUT2D eigenvalue weighted by atomic mass is 19.3. The molecular weight excluding hydrogens is 540 g/mol. The number of alkyl halides is 2. The maximum Gasteiger partial charge on any atom is 0.354 e. The number of hydrogen-bond acceptors (Lipinski definition) is 4. The first-order chi connectivity index (χ1) is 20.2. The molecule has 0 amide bonds. The number of ether oxygens (including phenoxy) is 2. The molecular formula is C33H27F2N3O4. The van der Waals surface area contributed by atoms with Gasteiger partial charge in [0.1, 0.15) is 17.2 Å². The van der Waals surface area contributed by atoms with Crippen LogP contribution in [0.4, 0.5) is 14.5 Å². The fourth-order valence-electron chi connectivity index (χ4n) is 4.85. The van der Waals surface area contributed by atoms with Gasteiger partial charge in [-0.2, -0.15) is 0 Å². The van der Waals surface area contributed by atoms with Crippen molar-refractivity contribution in [2.75, 3.05) is 6.61 Å². The maximum absolute atomic E-state index is 13.9. The van der Waals surface area contributed by atoms with E-state index in [1.54, 1.807) is 55.5 Å². The average Bonchev–Trinajstić information content (AvgIpc) is 3.39. The lowest BCUT2D eigenvalue weighted by atomic mass is 10.0. The summed E-state index contributed by atoms with van der Waals surface area (Å²) in [4.78, 5) is 31.6. The van der Waals surface area contributed by atoms with Crippen LogP contribution < -0.4 is 10.3 Å². The summed E-state index contributed by atoms with van der Waals surface area (Å²) in [5.41, 5.74) is 2.80. The molecule has 0 bridgehead atoms. The van der Waals surface area contributed by atoms with Gasteiger partial charge < -0.3 is 19.0 Å². The van der Waals surface area contributed by atoms with Crippen LogP contribution in [0.1, 0.15) is 46.1 Å². The fraction of sp³-hybridized carbons (Fsp3) is 0.182. The summed E-state index contributed by atoms with van der Waals surface area (Å²) in [7, 11) is 0. The number of pyridine rings is 1. The van der Waals surface area contributed by atoms with Crippen molar-refractivity contribution in [2.45, 2.75) is 33.7 Å². The molecule has 5 rings (SSSR count). The monoisotopic (exact) mass is 567 g/mol. The number of rotatable bonds is 8. The van der Waals surface area contributed by atoms with Gasteiger partial charge in [0.25, 0.3) is 17.7 Å². The van der Waals surface area contributed by atoms with Gasteiger partial charge in [0.15, 0.2) is 0 Å². The van der Waals surface area contributed by atoms with Gasteiger partial charge in [0.2, 0.25) is 0 Å². The van der Waals surface area contributed by atoms with Crippen LogP contribution in [0.2, 0.25) is 0 Å². The summed E-state index contributed by atoms with van der Waals surface area (Å²) in [6, 6.07) is 20.8. The van der Waals surface area contributed by atoms with Crippen molar-refractivity contribution in [3.63, 3.8) is 0 Å². The van der Waals surface area contributed by atoms with E-state index in [-0.39, 0.29) is 18.8 Å². The van der Waals surface area contributed by atoms with Gasteiger partial charge in [-0.1, -0.05) is 23.8 Å². The van der Waals surface area contributed by atoms with Crippen LogP contribution in [0.3, 0.4) is 0 Å². The van der Waals surface area contributed by atoms with Crippen LogP contribution in [0.5, 0.6) is 11.5 Å². The van der Waals surface area contributed by atoms with Gasteiger partial charge in [-0.25, -0.2) is 18.4 Å². The van der Waals surface area contributed by atoms with E-state index in [9.17, 15) is 18.4 Å². The molecule has 0 spiro atoms. The minimum atomic E-state index is -2.98. The number of halogens is 2. The summed E-state index contributed by atoms with van der Waals surface area (Å²) in [6.45, 7) is 13.4. The minimum Gasteiger partial charge on any atom is -0.461 e. The normalized spacial score (nSPS) is 11.1. The van der Waals surface area contributed by atoms with Crippen LogP contribution in [-0.4, -0.2) is 22.1 Å². The molecule has 42 heavy (non-hydrogen) atoms. The number of hydrogen-bond donors (Lipinski definition) is 1. The lowest BCUT2D eigenvalue weighted by Gasteiger charge is -2.18. The molecule has 212 valence electrons. The van der Waals surface area contributed by atoms with Crippen molar-refractivity contribution in [1.82, 2.24) is 9.55 Å². The third kappa shape index (κ3) is 5.65. The number of aryl methyl sites for hydroxylation is 2. The molecule has 3 aromatic carbocycles. The Balaban J connectivity index is 1.49. The van der Waals surface area contributed by atoms with E-state index < -0.39 is 29.2 Å². The Hall–Kier alpha value is -5.23. The zero-order chi connectivity index (χ0) is 30.0. The summed E-state index contributed by atoms with van der Waals surface area (Å²) in [6.07, 6.45) is -2.98. The zero-order valence-corrected chi connectivity index (χ0v) is 23.2. The zero-order valence-electron chi connectivity index (χ0n) is 23.2. The van der Waals surface area contributed by atoms with E-state index in [1.165, 1.54) is 10.6 Å². The third-order valence-electron chi connectivity index (χ3n) is 6.95. The molecule has 1 N–H and O–H groups in total. The number of esters is 1. The SMILES string of the molecule is [C-]#[N+]c1c(C(F)F)cc(-c2ccc(Oc3ccc4[nH]c(C(=O)OCC)cc4c3)cc2)n(Cc2ccc(C)cc2C)c1=O. The molecule has 0 radical (unpaired) electrons. The fourth-order valence-corrected chi connectivity index (χ4v) is 4.85. The van der Waals surface area contributed by atoms with Crippen molar-refractivity contribution in [3.05, 3.63) is 123 Å². The minimum absolute atomic E-state index is 0.120. The van der Waals surface area contributed by atoms with Gasteiger partial charge >= 0.3 is 5.97 Å². The standard InChI is InChI=1S/C33H27F2N3O4/c1-5-41-33(40)28-16-23-15-25(12-13-27(23)37-28)42-24-10-8-21(9-11-24)29-17-26(31(34)35)30(36-4)32(39)38(29)18-22-7-6-19(2)14-20(22)3/h6-17,31,37H,5,18H2,1-3H3. The van der Waals surface area contributed by atoms with E-state index in [2.05, 4.69) is 9.83 Å². The molecule has 0 aliphatic heterocycles. The predicted octanol–water partition coefficient (Wildman–Crippen LogP) is 8.12. The smallest absolute Gasteiger partial charge is 0.354 e. The average molecular weight is 568 g/mol. The van der Waals surface area contributed by atoms with E-state index in [0.29, 0.717) is 22.8 Å². The van der Waals surface area contributed by atoms with Gasteiger partial charge in [0.05, 0.1) is 19.7 Å². The topological polar surface area (TPSA) is 77.7 Å². The van der Waals surface area contributed by atoms with Gasteiger partial charge in [-0.3, -0.25) is 4.79 Å². The van der Waals surface area contributed by atoms with Crippen molar-refractivity contribution < 1.29 is 23.0 Å². The number of benzene rings is 3. The Kier molecular flexibility index (Phi) is 7.89. The Morgan fingerprint density at radius 3 is 2.40 bits per heavy atom. The highest BCUT2D eigenvalue weighted by molar-refractivity contribution is 5.95. The van der Waals surface area contributed by atoms with Gasteiger partial charge in [-0.15, -0.1) is 0 Å². The molecule has 0 saturated carbocycles. The molecule has 0 fully saturated rings. The lowest BCUT2D eigenvalue weighted by molar-refractivity contribution is 0.0520. The van der Waals surface area contributed by atoms with E-state index in [0.717, 1.165) is 27.6 Å². The van der Waals surface area contributed by atoms with Crippen molar-refractivity contribution in [1.29, 1.82) is 0 Å². The molecule has 0 aliphatic rings. The molecule has 2 aromatic heterocycles. The number of nitrogens with one attached hydrogen (secondary N) is 1. The van der Waals surface area contributed by atoms with Crippen molar-refractivity contribution in [3.8, 4) is 22.8 Å². The van der Waals surface area contributed by atoms with E-state index in [1.807, 2.05) is 32.0 Å². The molecule has 9 heteroatoms. The van der Waals surface area contributed by atoms with E-state index in [4.69, 9.17) is 16.0 Å². The Morgan fingerprint density at radius 1 is 1.00 bits per heavy atom. The number of nitrogens with zero attached hydrogens (tertiary/aromatic N) is 2. The van der Waals surface area contributed by atoms with Crippen LogP contribution in [0, 0.1) is 20.4 Å². The summed E-state index contributed by atoms with van der Waals surface area (Å²) in [5.74, 6) is 0.564. The Bertz CT molecular complexity index is 1900. The quantitative estimate of drug-likeness (QED) is 0.152. The van der Waals surface area contributed by atoms with Crippen LogP contribution >= 0.6 is 0 Å². The number of carbonyl (C=O) groups is 1. The number of aromatic nitrogens is 2. The number of aromatic amines is 1. The first kappa shape index (κ1) is 28.3. The Labute approximate surface area is 240 Å². The second-order valence-corrected chi connectivity index (χ2v) is 9.85. The lowest BCUT2D eigenvalue weighted by Crippen LogP contribution is -2.23. The van der Waals surface area contributed by atoms with Crippen molar-refractivity contribution >= 4 is 22.6 Å². The van der Waals surface area contributed by atoms with Gasteiger partial charge in [-0.05, 0) is 92.1 Å². The molecule has 0 atom stereocenters. The molecule has 2 heterocycles. The molecule has 7 nitrogen and oxygen atoms in total. The highest BCUT2D eigenvalue weighted by Crippen LogP contribution is 2.33. The number of H-pyrrole nitrogens is 1. The predicted molar refractivity (Wildman–Crippen MR) is 157 cm³/mol.